The Kier molecular flexibility index (Phi) is 5.67. The summed E-state index contributed by atoms with van der Waals surface area (Å²) < 4.78 is 11.3. The highest BCUT2D eigenvalue weighted by Crippen LogP contribution is 2.27. The van der Waals surface area contributed by atoms with Crippen molar-refractivity contribution in [1.82, 2.24) is 5.32 Å². The van der Waals surface area contributed by atoms with Crippen LogP contribution in [-0.4, -0.2) is 25.9 Å². The van der Waals surface area contributed by atoms with Gasteiger partial charge in [-0.2, -0.15) is 0 Å². The second kappa shape index (κ2) is 7.51. The maximum absolute atomic E-state index is 5.76. The molecule has 0 aliphatic carbocycles. The smallest absolute Gasteiger partial charge is 0.119 e. The first kappa shape index (κ1) is 14.4. The molecule has 1 N–H and O–H groups in total. The Morgan fingerprint density at radius 3 is 3.00 bits per heavy atom. The van der Waals surface area contributed by atoms with E-state index in [0.29, 0.717) is 18.8 Å². The van der Waals surface area contributed by atoms with Crippen molar-refractivity contribution in [3.8, 4) is 5.75 Å². The van der Waals surface area contributed by atoms with Crippen molar-refractivity contribution in [2.75, 3.05) is 19.8 Å². The van der Waals surface area contributed by atoms with Gasteiger partial charge >= 0.3 is 0 Å². The molecular formula is C16H25NO2. The first-order valence-electron chi connectivity index (χ1n) is 7.41. The van der Waals surface area contributed by atoms with E-state index in [-0.39, 0.29) is 0 Å². The van der Waals surface area contributed by atoms with Gasteiger partial charge in [0.05, 0.1) is 12.7 Å². The van der Waals surface area contributed by atoms with E-state index in [9.17, 15) is 0 Å². The second-order valence-corrected chi connectivity index (χ2v) is 4.99. The van der Waals surface area contributed by atoms with Crippen molar-refractivity contribution in [2.45, 2.75) is 45.3 Å². The van der Waals surface area contributed by atoms with Crippen molar-refractivity contribution in [2.24, 2.45) is 0 Å². The fraction of sp³-hybridized carbons (Fsp3) is 0.625. The Morgan fingerprint density at radius 1 is 1.42 bits per heavy atom. The van der Waals surface area contributed by atoms with E-state index < -0.39 is 0 Å². The van der Waals surface area contributed by atoms with Gasteiger partial charge in [-0.15, -0.1) is 0 Å². The lowest BCUT2D eigenvalue weighted by Gasteiger charge is -2.22. The summed E-state index contributed by atoms with van der Waals surface area (Å²) in [5, 5.41) is 3.56. The number of benzene rings is 1. The van der Waals surface area contributed by atoms with Crippen LogP contribution < -0.4 is 10.1 Å². The summed E-state index contributed by atoms with van der Waals surface area (Å²) in [4.78, 5) is 0. The van der Waals surface area contributed by atoms with Crippen LogP contribution in [0.15, 0.2) is 24.3 Å². The lowest BCUT2D eigenvalue weighted by molar-refractivity contribution is 0.0947. The number of hydrogen-bond acceptors (Lipinski definition) is 3. The average molecular weight is 263 g/mol. The zero-order valence-corrected chi connectivity index (χ0v) is 12.0. The highest BCUT2D eigenvalue weighted by Gasteiger charge is 2.21. The van der Waals surface area contributed by atoms with E-state index in [1.807, 2.05) is 13.0 Å². The lowest BCUT2D eigenvalue weighted by Crippen LogP contribution is -2.25. The molecule has 1 aromatic rings. The molecule has 3 nitrogen and oxygen atoms in total. The molecule has 0 saturated carbocycles. The average Bonchev–Trinajstić information content (AvgIpc) is 2.92. The maximum Gasteiger partial charge on any atom is 0.119 e. The quantitative estimate of drug-likeness (QED) is 0.818. The first-order valence-corrected chi connectivity index (χ1v) is 7.41. The van der Waals surface area contributed by atoms with Crippen LogP contribution >= 0.6 is 0 Å². The third kappa shape index (κ3) is 4.22. The number of rotatable bonds is 7. The summed E-state index contributed by atoms with van der Waals surface area (Å²) in [6.07, 6.45) is 3.83. The summed E-state index contributed by atoms with van der Waals surface area (Å²) in [7, 11) is 0. The summed E-state index contributed by atoms with van der Waals surface area (Å²) in [6, 6.07) is 8.76. The summed E-state index contributed by atoms with van der Waals surface area (Å²) in [6.45, 7) is 6.76. The highest BCUT2D eigenvalue weighted by molar-refractivity contribution is 5.30. The summed E-state index contributed by atoms with van der Waals surface area (Å²) >= 11 is 0. The van der Waals surface area contributed by atoms with Gasteiger partial charge in [0.1, 0.15) is 5.75 Å². The molecule has 0 radical (unpaired) electrons. The van der Waals surface area contributed by atoms with Gasteiger partial charge in [0.25, 0.3) is 0 Å². The van der Waals surface area contributed by atoms with Crippen LogP contribution in [0.3, 0.4) is 0 Å². The van der Waals surface area contributed by atoms with Gasteiger partial charge in [-0.3, -0.25) is 0 Å². The van der Waals surface area contributed by atoms with Gasteiger partial charge in [-0.25, -0.2) is 0 Å². The van der Waals surface area contributed by atoms with E-state index >= 15 is 0 Å². The summed E-state index contributed by atoms with van der Waals surface area (Å²) in [5.41, 5.74) is 1.29. The van der Waals surface area contributed by atoms with Gasteiger partial charge < -0.3 is 14.8 Å². The number of ether oxygens (including phenoxy) is 2. The molecule has 2 atom stereocenters. The molecule has 106 valence electrons. The fourth-order valence-electron chi connectivity index (χ4n) is 2.66. The van der Waals surface area contributed by atoms with E-state index in [2.05, 4.69) is 30.4 Å². The van der Waals surface area contributed by atoms with Gasteiger partial charge in [-0.05, 0) is 50.4 Å². The maximum atomic E-state index is 5.76. The predicted octanol–water partition coefficient (Wildman–Crippen LogP) is 3.31. The largest absolute Gasteiger partial charge is 0.494 e. The van der Waals surface area contributed by atoms with Crippen LogP contribution in [0.2, 0.25) is 0 Å². The summed E-state index contributed by atoms with van der Waals surface area (Å²) in [5.74, 6) is 0.954. The second-order valence-electron chi connectivity index (χ2n) is 4.99. The molecule has 2 rings (SSSR count). The molecule has 1 heterocycles. The molecule has 1 fully saturated rings. The molecule has 1 aliphatic rings. The first-order chi connectivity index (χ1) is 9.33. The van der Waals surface area contributed by atoms with Crippen LogP contribution in [-0.2, 0) is 4.74 Å². The molecule has 19 heavy (non-hydrogen) atoms. The third-order valence-electron chi connectivity index (χ3n) is 3.54. The van der Waals surface area contributed by atoms with Gasteiger partial charge in [0.2, 0.25) is 0 Å². The van der Waals surface area contributed by atoms with E-state index in [1.54, 1.807) is 0 Å². The van der Waals surface area contributed by atoms with Crippen molar-refractivity contribution in [3.05, 3.63) is 29.8 Å². The number of hydrogen-bond donors (Lipinski definition) is 1. The van der Waals surface area contributed by atoms with Crippen molar-refractivity contribution in [1.29, 1.82) is 0 Å². The van der Waals surface area contributed by atoms with Crippen LogP contribution in [0.4, 0.5) is 0 Å². The van der Waals surface area contributed by atoms with Crippen molar-refractivity contribution < 1.29 is 9.47 Å². The van der Waals surface area contributed by atoms with Gasteiger partial charge in [-0.1, -0.05) is 19.1 Å². The normalized spacial score (nSPS) is 20.4. The Bertz CT molecular complexity index is 375. The molecule has 1 aliphatic heterocycles. The molecular weight excluding hydrogens is 238 g/mol. The Balaban J connectivity index is 2.05. The molecule has 0 aromatic heterocycles. The molecule has 1 saturated heterocycles. The molecule has 2 unspecified atom stereocenters. The molecule has 3 heteroatoms. The Morgan fingerprint density at radius 2 is 2.32 bits per heavy atom. The van der Waals surface area contributed by atoms with Crippen molar-refractivity contribution in [3.63, 3.8) is 0 Å². The monoisotopic (exact) mass is 263 g/mol. The van der Waals surface area contributed by atoms with Crippen molar-refractivity contribution >= 4 is 0 Å². The predicted molar refractivity (Wildman–Crippen MR) is 77.6 cm³/mol. The molecule has 1 aromatic carbocycles. The minimum Gasteiger partial charge on any atom is -0.494 e. The zero-order valence-electron chi connectivity index (χ0n) is 12.0. The molecule has 0 bridgehead atoms. The van der Waals surface area contributed by atoms with E-state index in [1.165, 1.54) is 18.4 Å². The minimum absolute atomic E-state index is 0.355. The van der Waals surface area contributed by atoms with Gasteiger partial charge in [0, 0.05) is 12.6 Å². The minimum atomic E-state index is 0.355. The van der Waals surface area contributed by atoms with Crippen LogP contribution in [0.5, 0.6) is 5.75 Å². The van der Waals surface area contributed by atoms with Crippen LogP contribution in [0.1, 0.15) is 44.7 Å². The lowest BCUT2D eigenvalue weighted by atomic mass is 9.99. The zero-order chi connectivity index (χ0) is 13.5. The van der Waals surface area contributed by atoms with E-state index in [0.717, 1.165) is 25.3 Å². The van der Waals surface area contributed by atoms with E-state index in [4.69, 9.17) is 9.47 Å². The molecule has 0 spiro atoms. The fourth-order valence-corrected chi connectivity index (χ4v) is 2.66. The highest BCUT2D eigenvalue weighted by atomic mass is 16.5. The van der Waals surface area contributed by atoms with Gasteiger partial charge in [0.15, 0.2) is 0 Å². The Hall–Kier alpha value is -1.06. The van der Waals surface area contributed by atoms with Crippen LogP contribution in [0, 0.1) is 0 Å². The topological polar surface area (TPSA) is 30.5 Å². The number of nitrogens with one attached hydrogen (secondary N) is 1. The third-order valence-corrected chi connectivity index (χ3v) is 3.54. The molecule has 0 amide bonds. The standard InChI is InChI=1S/C16H25NO2/c1-3-17-16(12-15-9-6-10-19-15)13-7-5-8-14(11-13)18-4-2/h5,7-8,11,15-17H,3-4,6,9-10,12H2,1-2H3. The Labute approximate surface area is 116 Å². The SMILES string of the molecule is CCNC(CC1CCCO1)c1cccc(OCC)c1. The van der Waals surface area contributed by atoms with Crippen LogP contribution in [0.25, 0.3) is 0 Å².